The van der Waals surface area contributed by atoms with Crippen LogP contribution in [0, 0.1) is 5.92 Å². The Morgan fingerprint density at radius 2 is 2.00 bits per heavy atom. The number of nitrogens with zero attached hydrogens (tertiary/aromatic N) is 1. The summed E-state index contributed by atoms with van der Waals surface area (Å²) in [6, 6.07) is 5.13. The van der Waals surface area contributed by atoms with Gasteiger partial charge in [0.25, 0.3) is 0 Å². The molecular weight excluding hydrogens is 294 g/mol. The van der Waals surface area contributed by atoms with Crippen molar-refractivity contribution >= 4 is 23.5 Å². The summed E-state index contributed by atoms with van der Waals surface area (Å²) in [6.07, 6.45) is 0.161. The molecule has 0 spiro atoms. The second kappa shape index (κ2) is 7.88. The zero-order chi connectivity index (χ0) is 16.0. The number of carbonyl (C=O) groups is 2. The van der Waals surface area contributed by atoms with E-state index >= 15 is 0 Å². The van der Waals surface area contributed by atoms with Gasteiger partial charge in [0.2, 0.25) is 5.91 Å². The van der Waals surface area contributed by atoms with E-state index in [0.29, 0.717) is 22.9 Å². The fourth-order valence-corrected chi connectivity index (χ4v) is 2.17. The second-order valence-corrected chi connectivity index (χ2v) is 5.27. The van der Waals surface area contributed by atoms with E-state index in [4.69, 9.17) is 16.3 Å². The average molecular weight is 314 g/mol. The Balaban J connectivity index is 2.72. The van der Waals surface area contributed by atoms with Gasteiger partial charge >= 0.3 is 5.97 Å². The Morgan fingerprint density at radius 3 is 2.57 bits per heavy atom. The molecular formula is C15H20ClNO4. The van der Waals surface area contributed by atoms with Crippen LogP contribution in [0.3, 0.4) is 0 Å². The van der Waals surface area contributed by atoms with Crippen molar-refractivity contribution in [3.63, 3.8) is 0 Å². The van der Waals surface area contributed by atoms with Gasteiger partial charge in [-0.2, -0.15) is 0 Å². The van der Waals surface area contributed by atoms with Crippen molar-refractivity contribution in [2.24, 2.45) is 5.92 Å². The van der Waals surface area contributed by atoms with Crippen molar-refractivity contribution in [3.05, 3.63) is 28.8 Å². The van der Waals surface area contributed by atoms with Gasteiger partial charge in [-0.15, -0.1) is 0 Å². The van der Waals surface area contributed by atoms with Gasteiger partial charge in [-0.1, -0.05) is 18.5 Å². The standard InChI is InChI=1S/C15H20ClNO4/c1-10(15(19)21-4)9-17(2)14(18)8-11-7-12(16)5-6-13(11)20-3/h5-7,10H,8-9H2,1-4H3. The third-order valence-corrected chi connectivity index (χ3v) is 3.40. The van der Waals surface area contributed by atoms with E-state index in [9.17, 15) is 9.59 Å². The summed E-state index contributed by atoms with van der Waals surface area (Å²) in [7, 11) is 4.52. The van der Waals surface area contributed by atoms with E-state index in [1.165, 1.54) is 12.0 Å². The second-order valence-electron chi connectivity index (χ2n) is 4.83. The van der Waals surface area contributed by atoms with Crippen LogP contribution < -0.4 is 4.74 Å². The highest BCUT2D eigenvalue weighted by Gasteiger charge is 2.19. The highest BCUT2D eigenvalue weighted by atomic mass is 35.5. The largest absolute Gasteiger partial charge is 0.496 e. The molecule has 1 aromatic carbocycles. The topological polar surface area (TPSA) is 55.8 Å². The Hall–Kier alpha value is -1.75. The minimum Gasteiger partial charge on any atom is -0.496 e. The molecule has 0 saturated heterocycles. The van der Waals surface area contributed by atoms with Crippen molar-refractivity contribution in [2.45, 2.75) is 13.3 Å². The van der Waals surface area contributed by atoms with Gasteiger partial charge in [-0.25, -0.2) is 0 Å². The van der Waals surface area contributed by atoms with Crippen molar-refractivity contribution in [2.75, 3.05) is 27.8 Å². The summed E-state index contributed by atoms with van der Waals surface area (Å²) in [5.41, 5.74) is 0.715. The predicted molar refractivity (Wildman–Crippen MR) is 80.5 cm³/mol. The van der Waals surface area contributed by atoms with E-state index in [1.54, 1.807) is 39.3 Å². The molecule has 1 unspecified atom stereocenters. The van der Waals surface area contributed by atoms with Crippen LogP contribution in [0.15, 0.2) is 18.2 Å². The molecule has 1 atom stereocenters. The van der Waals surface area contributed by atoms with E-state index in [0.717, 1.165) is 0 Å². The minimum atomic E-state index is -0.370. The summed E-state index contributed by atoms with van der Waals surface area (Å²) >= 11 is 5.94. The van der Waals surface area contributed by atoms with Gasteiger partial charge in [-0.3, -0.25) is 9.59 Å². The van der Waals surface area contributed by atoms with Gasteiger partial charge in [0.05, 0.1) is 26.6 Å². The Kier molecular flexibility index (Phi) is 6.49. The molecule has 0 aliphatic rings. The number of rotatable bonds is 6. The third-order valence-electron chi connectivity index (χ3n) is 3.16. The Bertz CT molecular complexity index is 518. The fourth-order valence-electron chi connectivity index (χ4n) is 1.97. The minimum absolute atomic E-state index is 0.119. The number of likely N-dealkylation sites (N-methyl/N-ethyl adjacent to an activating group) is 1. The maximum absolute atomic E-state index is 12.2. The smallest absolute Gasteiger partial charge is 0.310 e. The first kappa shape index (κ1) is 17.3. The molecule has 1 rings (SSSR count). The van der Waals surface area contributed by atoms with E-state index in [1.807, 2.05) is 0 Å². The molecule has 0 aliphatic carbocycles. The SMILES string of the molecule is COC(=O)C(C)CN(C)C(=O)Cc1cc(Cl)ccc1OC. The fraction of sp³-hybridized carbons (Fsp3) is 0.467. The van der Waals surface area contributed by atoms with Crippen LogP contribution in [0.4, 0.5) is 0 Å². The monoisotopic (exact) mass is 313 g/mol. The first-order chi connectivity index (χ1) is 9.88. The third kappa shape index (κ3) is 4.93. The highest BCUT2D eigenvalue weighted by molar-refractivity contribution is 6.30. The molecule has 0 radical (unpaired) electrons. The van der Waals surface area contributed by atoms with Crippen LogP contribution >= 0.6 is 11.6 Å². The van der Waals surface area contributed by atoms with Crippen LogP contribution in [0.25, 0.3) is 0 Å². The molecule has 0 aliphatic heterocycles. The first-order valence-electron chi connectivity index (χ1n) is 6.53. The zero-order valence-electron chi connectivity index (χ0n) is 12.7. The Labute approximate surface area is 129 Å². The number of hydrogen-bond acceptors (Lipinski definition) is 4. The summed E-state index contributed by atoms with van der Waals surface area (Å²) < 4.78 is 9.86. The van der Waals surface area contributed by atoms with Crippen LogP contribution in [0.2, 0.25) is 5.02 Å². The van der Waals surface area contributed by atoms with Crippen LogP contribution in [0.1, 0.15) is 12.5 Å². The number of ether oxygens (including phenoxy) is 2. The van der Waals surface area contributed by atoms with E-state index in [-0.39, 0.29) is 24.2 Å². The van der Waals surface area contributed by atoms with Crippen molar-refractivity contribution < 1.29 is 19.1 Å². The molecule has 0 aromatic heterocycles. The van der Waals surface area contributed by atoms with Gasteiger partial charge in [-0.05, 0) is 18.2 Å². The lowest BCUT2D eigenvalue weighted by atomic mass is 10.1. The summed E-state index contributed by atoms with van der Waals surface area (Å²) in [5, 5.41) is 0.546. The normalized spacial score (nSPS) is 11.7. The number of halogens is 1. The maximum atomic E-state index is 12.2. The Morgan fingerprint density at radius 1 is 1.33 bits per heavy atom. The van der Waals surface area contributed by atoms with Crippen LogP contribution in [-0.4, -0.2) is 44.6 Å². The van der Waals surface area contributed by atoms with Crippen LogP contribution in [0.5, 0.6) is 5.75 Å². The number of hydrogen-bond donors (Lipinski definition) is 0. The average Bonchev–Trinajstić information content (AvgIpc) is 2.46. The molecule has 1 amide bonds. The summed E-state index contributed by atoms with van der Waals surface area (Å²) in [6.45, 7) is 2.02. The lowest BCUT2D eigenvalue weighted by Crippen LogP contribution is -2.35. The maximum Gasteiger partial charge on any atom is 0.310 e. The first-order valence-corrected chi connectivity index (χ1v) is 6.91. The van der Waals surface area contributed by atoms with Gasteiger partial charge in [0.1, 0.15) is 5.75 Å². The molecule has 0 bridgehead atoms. The van der Waals surface area contributed by atoms with Crippen molar-refractivity contribution in [1.82, 2.24) is 4.90 Å². The summed E-state index contributed by atoms with van der Waals surface area (Å²) in [5.74, 6) is -0.214. The lowest BCUT2D eigenvalue weighted by Gasteiger charge is -2.21. The van der Waals surface area contributed by atoms with Gasteiger partial charge < -0.3 is 14.4 Å². The highest BCUT2D eigenvalue weighted by Crippen LogP contribution is 2.23. The zero-order valence-corrected chi connectivity index (χ0v) is 13.4. The quantitative estimate of drug-likeness (QED) is 0.755. The molecule has 1 aromatic rings. The molecule has 5 nitrogen and oxygen atoms in total. The van der Waals surface area contributed by atoms with Gasteiger partial charge in [0.15, 0.2) is 0 Å². The summed E-state index contributed by atoms with van der Waals surface area (Å²) in [4.78, 5) is 25.1. The number of carbonyl (C=O) groups excluding carboxylic acids is 2. The molecule has 0 N–H and O–H groups in total. The molecule has 0 fully saturated rings. The molecule has 6 heteroatoms. The lowest BCUT2D eigenvalue weighted by molar-refractivity contribution is -0.146. The van der Waals surface area contributed by atoms with Crippen molar-refractivity contribution in [1.29, 1.82) is 0 Å². The number of benzene rings is 1. The molecule has 0 saturated carbocycles. The molecule has 116 valence electrons. The predicted octanol–water partition coefficient (Wildman–Crippen LogP) is 2.16. The molecule has 0 heterocycles. The van der Waals surface area contributed by atoms with E-state index < -0.39 is 0 Å². The number of amides is 1. The van der Waals surface area contributed by atoms with Gasteiger partial charge in [0, 0.05) is 24.2 Å². The van der Waals surface area contributed by atoms with E-state index in [2.05, 4.69) is 4.74 Å². The number of esters is 1. The van der Waals surface area contributed by atoms with Crippen molar-refractivity contribution in [3.8, 4) is 5.75 Å². The van der Waals surface area contributed by atoms with Crippen LogP contribution in [-0.2, 0) is 20.7 Å². The molecule has 21 heavy (non-hydrogen) atoms. The number of methoxy groups -OCH3 is 2.